The number of anilines is 2. The van der Waals surface area contributed by atoms with Gasteiger partial charge in [0.25, 0.3) is 0 Å². The third-order valence-corrected chi connectivity index (χ3v) is 4.52. The van der Waals surface area contributed by atoms with Crippen molar-refractivity contribution in [2.75, 3.05) is 50.4 Å². The number of nitrogens with two attached hydrogens (primary N) is 1. The predicted molar refractivity (Wildman–Crippen MR) is 93.2 cm³/mol. The first-order valence-electron chi connectivity index (χ1n) is 8.45. The van der Waals surface area contributed by atoms with Gasteiger partial charge in [-0.3, -0.25) is 9.69 Å². The molecule has 1 aromatic rings. The fourth-order valence-electron chi connectivity index (χ4n) is 2.97. The van der Waals surface area contributed by atoms with Crippen LogP contribution < -0.4 is 11.1 Å². The molecule has 4 N–H and O–H groups in total. The number of carbonyl (C=O) groups excluding carboxylic acids is 1. The van der Waals surface area contributed by atoms with Gasteiger partial charge >= 0.3 is 0 Å². The Labute approximate surface area is 142 Å². The van der Waals surface area contributed by atoms with Gasteiger partial charge in [0.05, 0.1) is 12.3 Å². The summed E-state index contributed by atoms with van der Waals surface area (Å²) >= 11 is 0. The minimum Gasteiger partial charge on any atom is -0.399 e. The Hall–Kier alpha value is -1.70. The average molecular weight is 338 g/mol. The van der Waals surface area contributed by atoms with Crippen LogP contribution in [0.5, 0.6) is 0 Å². The van der Waals surface area contributed by atoms with Crippen LogP contribution in [0.4, 0.5) is 15.8 Å². The summed E-state index contributed by atoms with van der Waals surface area (Å²) in [6, 6.07) is 4.35. The van der Waals surface area contributed by atoms with Crippen LogP contribution in [-0.4, -0.2) is 66.2 Å². The molecular formula is C17H27FN4O2. The number of nitrogens with one attached hydrogen (secondary N) is 1. The molecule has 134 valence electrons. The van der Waals surface area contributed by atoms with Gasteiger partial charge in [0.1, 0.15) is 5.82 Å². The van der Waals surface area contributed by atoms with Crippen molar-refractivity contribution >= 4 is 17.3 Å². The van der Waals surface area contributed by atoms with E-state index in [4.69, 9.17) is 5.73 Å². The van der Waals surface area contributed by atoms with Crippen molar-refractivity contribution in [3.05, 3.63) is 24.0 Å². The summed E-state index contributed by atoms with van der Waals surface area (Å²) in [6.45, 7) is 6.43. The third kappa shape index (κ3) is 5.15. The van der Waals surface area contributed by atoms with E-state index in [0.717, 1.165) is 32.6 Å². The van der Waals surface area contributed by atoms with Crippen LogP contribution in [0.3, 0.4) is 0 Å². The van der Waals surface area contributed by atoms with Gasteiger partial charge in [-0.25, -0.2) is 4.39 Å². The molecule has 1 aromatic carbocycles. The van der Waals surface area contributed by atoms with E-state index >= 15 is 0 Å². The number of nitrogens with zero attached hydrogens (tertiary/aromatic N) is 2. The lowest BCUT2D eigenvalue weighted by molar-refractivity contribution is -0.116. The van der Waals surface area contributed by atoms with Crippen LogP contribution in [0.15, 0.2) is 18.2 Å². The van der Waals surface area contributed by atoms with E-state index in [9.17, 15) is 14.3 Å². The maximum absolute atomic E-state index is 13.6. The molecule has 1 unspecified atom stereocenters. The molecule has 1 saturated heterocycles. The predicted octanol–water partition coefficient (Wildman–Crippen LogP) is 1.12. The van der Waals surface area contributed by atoms with Gasteiger partial charge in [-0.05, 0) is 24.6 Å². The summed E-state index contributed by atoms with van der Waals surface area (Å²) in [5.74, 6) is -0.704. The van der Waals surface area contributed by atoms with Crippen molar-refractivity contribution in [2.24, 2.45) is 0 Å². The molecular weight excluding hydrogens is 311 g/mol. The van der Waals surface area contributed by atoms with E-state index in [1.807, 2.05) is 0 Å². The summed E-state index contributed by atoms with van der Waals surface area (Å²) in [5.41, 5.74) is 6.14. The number of carbonyl (C=O) groups is 1. The largest absolute Gasteiger partial charge is 0.399 e. The highest BCUT2D eigenvalue weighted by Gasteiger charge is 2.22. The number of amides is 1. The molecule has 7 heteroatoms. The Kier molecular flexibility index (Phi) is 6.96. The number of piperazine rings is 1. The molecule has 0 spiro atoms. The van der Waals surface area contributed by atoms with Crippen LogP contribution in [0.2, 0.25) is 0 Å². The molecule has 24 heavy (non-hydrogen) atoms. The van der Waals surface area contributed by atoms with Crippen molar-refractivity contribution in [1.82, 2.24) is 9.80 Å². The number of benzene rings is 1. The summed E-state index contributed by atoms with van der Waals surface area (Å²) < 4.78 is 13.6. The second-order valence-electron chi connectivity index (χ2n) is 6.16. The zero-order valence-electron chi connectivity index (χ0n) is 14.2. The van der Waals surface area contributed by atoms with Crippen LogP contribution in [0, 0.1) is 5.82 Å². The van der Waals surface area contributed by atoms with Crippen LogP contribution in [0.1, 0.15) is 19.8 Å². The smallest absolute Gasteiger partial charge is 0.225 e. The lowest BCUT2D eigenvalue weighted by Crippen LogP contribution is -2.51. The number of rotatable bonds is 7. The molecule has 1 atom stereocenters. The molecule has 0 saturated carbocycles. The van der Waals surface area contributed by atoms with E-state index < -0.39 is 5.82 Å². The highest BCUT2D eigenvalue weighted by molar-refractivity contribution is 5.91. The second kappa shape index (κ2) is 8.96. The Balaban J connectivity index is 1.74. The number of hydrogen-bond donors (Lipinski definition) is 3. The Morgan fingerprint density at radius 1 is 1.38 bits per heavy atom. The van der Waals surface area contributed by atoms with E-state index in [1.54, 1.807) is 0 Å². The highest BCUT2D eigenvalue weighted by atomic mass is 19.1. The highest BCUT2D eigenvalue weighted by Crippen LogP contribution is 2.17. The SMILES string of the molecule is CCC(CO)N1CCN(CCC(=O)Nc2cc(N)ccc2F)CC1. The first-order chi connectivity index (χ1) is 11.5. The fraction of sp³-hybridized carbons (Fsp3) is 0.588. The molecule has 1 aliphatic heterocycles. The van der Waals surface area contributed by atoms with Gasteiger partial charge in [-0.2, -0.15) is 0 Å². The summed E-state index contributed by atoms with van der Waals surface area (Å²) in [6.07, 6.45) is 1.25. The number of halogens is 1. The number of nitrogen functional groups attached to an aromatic ring is 1. The third-order valence-electron chi connectivity index (χ3n) is 4.52. The average Bonchev–Trinajstić information content (AvgIpc) is 2.58. The normalized spacial score (nSPS) is 17.6. The molecule has 0 aliphatic carbocycles. The van der Waals surface area contributed by atoms with Gasteiger partial charge in [-0.15, -0.1) is 0 Å². The van der Waals surface area contributed by atoms with Crippen molar-refractivity contribution in [1.29, 1.82) is 0 Å². The summed E-state index contributed by atoms with van der Waals surface area (Å²) in [4.78, 5) is 16.5. The maximum Gasteiger partial charge on any atom is 0.225 e. The Morgan fingerprint density at radius 3 is 2.71 bits per heavy atom. The number of aliphatic hydroxyl groups is 1. The van der Waals surface area contributed by atoms with Gasteiger partial charge in [0.2, 0.25) is 5.91 Å². The zero-order valence-corrected chi connectivity index (χ0v) is 14.2. The van der Waals surface area contributed by atoms with Crippen LogP contribution in [-0.2, 0) is 4.79 Å². The Morgan fingerprint density at radius 2 is 2.08 bits per heavy atom. The van der Waals surface area contributed by atoms with E-state index in [2.05, 4.69) is 22.0 Å². The van der Waals surface area contributed by atoms with Gasteiger partial charge in [-0.1, -0.05) is 6.92 Å². The topological polar surface area (TPSA) is 81.8 Å². The molecule has 6 nitrogen and oxygen atoms in total. The van der Waals surface area contributed by atoms with Crippen molar-refractivity contribution in [2.45, 2.75) is 25.8 Å². The maximum atomic E-state index is 13.6. The molecule has 0 aromatic heterocycles. The number of aliphatic hydroxyl groups excluding tert-OH is 1. The first kappa shape index (κ1) is 18.6. The van der Waals surface area contributed by atoms with Gasteiger partial charge in [0.15, 0.2) is 0 Å². The molecule has 1 amide bonds. The zero-order chi connectivity index (χ0) is 17.5. The van der Waals surface area contributed by atoms with Crippen molar-refractivity contribution < 1.29 is 14.3 Å². The van der Waals surface area contributed by atoms with E-state index in [0.29, 0.717) is 18.7 Å². The van der Waals surface area contributed by atoms with Gasteiger partial charge in [0, 0.05) is 50.9 Å². The van der Waals surface area contributed by atoms with Gasteiger partial charge < -0.3 is 21.1 Å². The fourth-order valence-corrected chi connectivity index (χ4v) is 2.97. The minimum absolute atomic E-state index is 0.124. The molecule has 0 radical (unpaired) electrons. The molecule has 0 bridgehead atoms. The lowest BCUT2D eigenvalue weighted by Gasteiger charge is -2.38. The van der Waals surface area contributed by atoms with Crippen molar-refractivity contribution in [3.8, 4) is 0 Å². The minimum atomic E-state index is -0.485. The summed E-state index contributed by atoms with van der Waals surface area (Å²) in [7, 11) is 0. The molecule has 1 fully saturated rings. The monoisotopic (exact) mass is 338 g/mol. The van der Waals surface area contributed by atoms with Crippen LogP contribution >= 0.6 is 0 Å². The second-order valence-corrected chi connectivity index (χ2v) is 6.16. The number of hydrogen-bond acceptors (Lipinski definition) is 5. The van der Waals surface area contributed by atoms with E-state index in [1.165, 1.54) is 18.2 Å². The summed E-state index contributed by atoms with van der Waals surface area (Å²) in [5, 5.41) is 11.9. The standard InChI is InChI=1S/C17H27FN4O2/c1-2-14(12-23)22-9-7-21(8-10-22)6-5-17(24)20-16-11-13(19)3-4-15(16)18/h3-4,11,14,23H,2,5-10,12,19H2,1H3,(H,20,24). The first-order valence-corrected chi connectivity index (χ1v) is 8.45. The van der Waals surface area contributed by atoms with Crippen LogP contribution in [0.25, 0.3) is 0 Å². The molecule has 2 rings (SSSR count). The lowest BCUT2D eigenvalue weighted by atomic mass is 10.1. The Bertz CT molecular complexity index is 543. The van der Waals surface area contributed by atoms with E-state index in [-0.39, 0.29) is 24.2 Å². The quantitative estimate of drug-likeness (QED) is 0.649. The molecule has 1 aliphatic rings. The molecule has 1 heterocycles. The van der Waals surface area contributed by atoms with Crippen molar-refractivity contribution in [3.63, 3.8) is 0 Å².